The zero-order valence-electron chi connectivity index (χ0n) is 9.45. The molecule has 88 valence electrons. The maximum absolute atomic E-state index is 12.8. The van der Waals surface area contributed by atoms with Crippen LogP contribution in [0.1, 0.15) is 31.9 Å². The van der Waals surface area contributed by atoms with Crippen LogP contribution in [0, 0.1) is 5.82 Å². The third kappa shape index (κ3) is 2.57. The van der Waals surface area contributed by atoms with Crippen molar-refractivity contribution in [3.05, 3.63) is 29.8 Å². The van der Waals surface area contributed by atoms with Gasteiger partial charge in [0.15, 0.2) is 0 Å². The van der Waals surface area contributed by atoms with Crippen molar-refractivity contribution in [3.63, 3.8) is 0 Å². The van der Waals surface area contributed by atoms with Gasteiger partial charge in [-0.2, -0.15) is 0 Å². The second kappa shape index (κ2) is 4.47. The molecule has 2 atom stereocenters. The molecule has 2 N–H and O–H groups in total. The summed E-state index contributed by atoms with van der Waals surface area (Å²) in [6.45, 7) is 2.73. The number of nitrogens with zero attached hydrogens (tertiary/aromatic N) is 1. The van der Waals surface area contributed by atoms with Crippen LogP contribution in [0.15, 0.2) is 18.3 Å². The summed E-state index contributed by atoms with van der Waals surface area (Å²) in [7, 11) is 0. The van der Waals surface area contributed by atoms with Crippen molar-refractivity contribution < 1.29 is 9.13 Å². The molecule has 0 spiro atoms. The first-order valence-electron chi connectivity index (χ1n) is 5.60. The first-order valence-corrected chi connectivity index (χ1v) is 5.60. The van der Waals surface area contributed by atoms with Crippen LogP contribution in [0.5, 0.6) is 0 Å². The second-order valence-corrected chi connectivity index (χ2v) is 4.62. The molecule has 0 amide bonds. The number of pyridine rings is 1. The number of hydrogen-bond donors (Lipinski definition) is 1. The molecule has 0 radical (unpaired) electrons. The van der Waals surface area contributed by atoms with Gasteiger partial charge in [0.25, 0.3) is 0 Å². The van der Waals surface area contributed by atoms with Gasteiger partial charge in [0.1, 0.15) is 5.82 Å². The summed E-state index contributed by atoms with van der Waals surface area (Å²) >= 11 is 0. The van der Waals surface area contributed by atoms with Crippen molar-refractivity contribution in [2.45, 2.75) is 37.8 Å². The molecular weight excluding hydrogens is 207 g/mol. The highest BCUT2D eigenvalue weighted by Crippen LogP contribution is 2.27. The van der Waals surface area contributed by atoms with E-state index in [0.29, 0.717) is 5.69 Å². The maximum atomic E-state index is 12.8. The van der Waals surface area contributed by atoms with Crippen LogP contribution in [0.4, 0.5) is 4.39 Å². The molecule has 0 aliphatic carbocycles. The molecule has 1 saturated heterocycles. The lowest BCUT2D eigenvalue weighted by Gasteiger charge is -2.26. The summed E-state index contributed by atoms with van der Waals surface area (Å²) in [6.07, 6.45) is 4.29. The molecule has 2 unspecified atom stereocenters. The molecule has 0 bridgehead atoms. The predicted molar refractivity (Wildman–Crippen MR) is 59.3 cm³/mol. The average Bonchev–Trinajstić information content (AvgIpc) is 2.70. The van der Waals surface area contributed by atoms with Crippen LogP contribution in [0.3, 0.4) is 0 Å². The van der Waals surface area contributed by atoms with Crippen molar-refractivity contribution in [1.29, 1.82) is 0 Å². The number of nitrogens with two attached hydrogens (primary N) is 1. The standard InChI is InChI=1S/C12H17FN2O/c1-12(14,7-10-3-2-6-16-10)11-5-4-9(13)8-15-11/h4-5,8,10H,2-3,6-7,14H2,1H3. The fourth-order valence-electron chi connectivity index (χ4n) is 2.10. The normalized spacial score (nSPS) is 24.3. The Hall–Kier alpha value is -1.00. The van der Waals surface area contributed by atoms with E-state index in [2.05, 4.69) is 4.98 Å². The molecule has 2 heterocycles. The summed E-state index contributed by atoms with van der Waals surface area (Å²) in [4.78, 5) is 4.04. The number of halogens is 1. The van der Waals surface area contributed by atoms with Crippen molar-refractivity contribution in [2.75, 3.05) is 6.61 Å². The topological polar surface area (TPSA) is 48.1 Å². The van der Waals surface area contributed by atoms with E-state index in [-0.39, 0.29) is 11.9 Å². The van der Waals surface area contributed by atoms with E-state index in [1.54, 1.807) is 6.07 Å². The van der Waals surface area contributed by atoms with Gasteiger partial charge in [-0.15, -0.1) is 0 Å². The van der Waals surface area contributed by atoms with Crippen LogP contribution < -0.4 is 5.73 Å². The molecule has 1 aliphatic rings. The molecule has 3 nitrogen and oxygen atoms in total. The minimum absolute atomic E-state index is 0.210. The molecule has 0 aromatic carbocycles. The summed E-state index contributed by atoms with van der Waals surface area (Å²) in [6, 6.07) is 3.03. The lowest BCUT2D eigenvalue weighted by atomic mass is 9.90. The van der Waals surface area contributed by atoms with E-state index in [9.17, 15) is 4.39 Å². The van der Waals surface area contributed by atoms with Gasteiger partial charge in [-0.3, -0.25) is 4.98 Å². The zero-order valence-corrected chi connectivity index (χ0v) is 9.45. The Bertz CT molecular complexity index is 345. The Morgan fingerprint density at radius 2 is 2.44 bits per heavy atom. The fourth-order valence-corrected chi connectivity index (χ4v) is 2.10. The molecule has 2 rings (SSSR count). The third-order valence-electron chi connectivity index (χ3n) is 2.99. The first-order chi connectivity index (χ1) is 7.58. The predicted octanol–water partition coefficient (Wildman–Crippen LogP) is 1.96. The van der Waals surface area contributed by atoms with Gasteiger partial charge in [-0.1, -0.05) is 0 Å². The minimum Gasteiger partial charge on any atom is -0.378 e. The lowest BCUT2D eigenvalue weighted by molar-refractivity contribution is 0.0849. The molecule has 1 fully saturated rings. The SMILES string of the molecule is CC(N)(CC1CCCO1)c1ccc(F)cn1. The van der Waals surface area contributed by atoms with Crippen LogP contribution in [0.25, 0.3) is 0 Å². The highest BCUT2D eigenvalue weighted by atomic mass is 19.1. The zero-order chi connectivity index (χ0) is 11.6. The quantitative estimate of drug-likeness (QED) is 0.853. The Morgan fingerprint density at radius 3 is 3.00 bits per heavy atom. The van der Waals surface area contributed by atoms with Crippen LogP contribution in [0.2, 0.25) is 0 Å². The minimum atomic E-state index is -0.553. The summed E-state index contributed by atoms with van der Waals surface area (Å²) in [5, 5.41) is 0. The van der Waals surface area contributed by atoms with E-state index in [1.807, 2.05) is 6.92 Å². The summed E-state index contributed by atoms with van der Waals surface area (Å²) in [5.74, 6) is -0.336. The van der Waals surface area contributed by atoms with E-state index < -0.39 is 5.54 Å². The summed E-state index contributed by atoms with van der Waals surface area (Å²) in [5.41, 5.74) is 6.36. The van der Waals surface area contributed by atoms with Crippen LogP contribution in [-0.2, 0) is 10.3 Å². The lowest BCUT2D eigenvalue weighted by Crippen LogP contribution is -2.37. The van der Waals surface area contributed by atoms with Crippen molar-refractivity contribution in [2.24, 2.45) is 5.73 Å². The molecule has 1 aliphatic heterocycles. The molecular formula is C12H17FN2O. The molecule has 1 aromatic rings. The van der Waals surface area contributed by atoms with Crippen molar-refractivity contribution >= 4 is 0 Å². The van der Waals surface area contributed by atoms with Crippen molar-refractivity contribution in [1.82, 2.24) is 4.98 Å². The third-order valence-corrected chi connectivity index (χ3v) is 2.99. The Balaban J connectivity index is 2.07. The van der Waals surface area contributed by atoms with Gasteiger partial charge in [0.2, 0.25) is 0 Å². The number of hydrogen-bond acceptors (Lipinski definition) is 3. The van der Waals surface area contributed by atoms with Gasteiger partial charge in [-0.25, -0.2) is 4.39 Å². The highest BCUT2D eigenvalue weighted by Gasteiger charge is 2.29. The highest BCUT2D eigenvalue weighted by molar-refractivity contribution is 5.15. The smallest absolute Gasteiger partial charge is 0.141 e. The van der Waals surface area contributed by atoms with Gasteiger partial charge in [0, 0.05) is 6.61 Å². The second-order valence-electron chi connectivity index (χ2n) is 4.62. The van der Waals surface area contributed by atoms with Crippen LogP contribution >= 0.6 is 0 Å². The number of aromatic nitrogens is 1. The monoisotopic (exact) mass is 224 g/mol. The Morgan fingerprint density at radius 1 is 1.62 bits per heavy atom. The molecule has 4 heteroatoms. The van der Waals surface area contributed by atoms with E-state index in [1.165, 1.54) is 12.3 Å². The van der Waals surface area contributed by atoms with E-state index in [0.717, 1.165) is 25.9 Å². The molecule has 1 aromatic heterocycles. The van der Waals surface area contributed by atoms with Gasteiger partial charge >= 0.3 is 0 Å². The Kier molecular flexibility index (Phi) is 3.21. The van der Waals surface area contributed by atoms with Crippen molar-refractivity contribution in [3.8, 4) is 0 Å². The maximum Gasteiger partial charge on any atom is 0.141 e. The summed E-state index contributed by atoms with van der Waals surface area (Å²) < 4.78 is 18.3. The van der Waals surface area contributed by atoms with E-state index >= 15 is 0 Å². The number of rotatable bonds is 3. The van der Waals surface area contributed by atoms with Crippen LogP contribution in [-0.4, -0.2) is 17.7 Å². The number of ether oxygens (including phenoxy) is 1. The molecule has 0 saturated carbocycles. The van der Waals surface area contributed by atoms with Gasteiger partial charge in [0.05, 0.1) is 23.5 Å². The first kappa shape index (κ1) is 11.5. The van der Waals surface area contributed by atoms with Gasteiger partial charge in [-0.05, 0) is 38.3 Å². The average molecular weight is 224 g/mol. The van der Waals surface area contributed by atoms with E-state index in [4.69, 9.17) is 10.5 Å². The largest absolute Gasteiger partial charge is 0.378 e. The molecule has 16 heavy (non-hydrogen) atoms. The fraction of sp³-hybridized carbons (Fsp3) is 0.583. The van der Waals surface area contributed by atoms with Gasteiger partial charge < -0.3 is 10.5 Å². The Labute approximate surface area is 94.8 Å².